The number of hydrogen-bond donors (Lipinski definition) is 0. The summed E-state index contributed by atoms with van der Waals surface area (Å²) in [4.78, 5) is 0. The number of rotatable bonds is 3. The molecule has 0 aliphatic carbocycles. The minimum atomic E-state index is -1.32. The Morgan fingerprint density at radius 2 is 1.24 bits per heavy atom. The molecule has 0 unspecified atom stereocenters. The fourth-order valence-electron chi connectivity index (χ4n) is 2.12. The first-order valence-corrected chi connectivity index (χ1v) is 12.1. The van der Waals surface area contributed by atoms with Crippen LogP contribution in [0.1, 0.15) is 0 Å². The molecule has 2 rings (SSSR count). The van der Waals surface area contributed by atoms with Crippen molar-refractivity contribution in [2.24, 2.45) is 0 Å². The summed E-state index contributed by atoms with van der Waals surface area (Å²) in [6.45, 7) is 7.48. The Morgan fingerprint density at radius 1 is 0.765 bits per heavy atom. The third-order valence-electron chi connectivity index (χ3n) is 3.64. The van der Waals surface area contributed by atoms with Gasteiger partial charge in [0.1, 0.15) is 0 Å². The Morgan fingerprint density at radius 3 is 1.76 bits per heavy atom. The van der Waals surface area contributed by atoms with E-state index < -0.39 is 15.9 Å². The number of hydrogen-bond acceptors (Lipinski definition) is 0. The Kier molecular flexibility index (Phi) is 3.64. The molecule has 87 valence electrons. The lowest BCUT2D eigenvalue weighted by atomic mass is 10.4. The maximum Gasteiger partial charge on any atom is 0.0796 e. The molecule has 0 spiro atoms. The average Bonchev–Trinajstić information content (AvgIpc) is 2.40. The molecule has 0 aliphatic heterocycles. The summed E-state index contributed by atoms with van der Waals surface area (Å²) in [5, 5.41) is 3.15. The largest absolute Gasteiger partial charge is 0.0796 e. The van der Waals surface area contributed by atoms with Gasteiger partial charge in [0.2, 0.25) is 0 Å². The van der Waals surface area contributed by atoms with Crippen molar-refractivity contribution >= 4 is 26.3 Å². The van der Waals surface area contributed by atoms with E-state index in [1.165, 1.54) is 0 Å². The highest BCUT2D eigenvalue weighted by molar-refractivity contribution is 7.41. The summed E-state index contributed by atoms with van der Waals surface area (Å²) >= 11 is 0. The molecule has 0 aliphatic rings. The van der Waals surface area contributed by atoms with Crippen molar-refractivity contribution in [2.45, 2.75) is 19.6 Å². The maximum atomic E-state index is 2.50. The zero-order valence-corrected chi connectivity index (χ0v) is 12.8. The minimum absolute atomic E-state index is 0.457. The van der Waals surface area contributed by atoms with Crippen molar-refractivity contribution in [2.75, 3.05) is 0 Å². The Bertz CT molecular complexity index is 463. The van der Waals surface area contributed by atoms with Crippen LogP contribution in [0.3, 0.4) is 0 Å². The van der Waals surface area contributed by atoms with Crippen LogP contribution < -0.4 is 10.4 Å². The first kappa shape index (κ1) is 12.3. The van der Waals surface area contributed by atoms with Gasteiger partial charge >= 0.3 is 0 Å². The SMILES string of the molecule is C[Si](c1ccccc1)[Si](C)(C)c1ccccc1. The fourth-order valence-corrected chi connectivity index (χ4v) is 9.46. The standard InChI is InChI=1S/C15H19Si2/c1-16(14-10-6-4-7-11-14)17(2,3)15-12-8-5-9-13-15/h4-13H,1-3H3. The van der Waals surface area contributed by atoms with Crippen LogP contribution in [0.25, 0.3) is 0 Å². The van der Waals surface area contributed by atoms with Crippen LogP contribution >= 0.6 is 0 Å². The second-order valence-electron chi connectivity index (χ2n) is 4.98. The van der Waals surface area contributed by atoms with Gasteiger partial charge < -0.3 is 0 Å². The molecule has 0 heterocycles. The molecular formula is C15H19Si2. The summed E-state index contributed by atoms with van der Waals surface area (Å²) in [5.74, 6) is 0. The van der Waals surface area contributed by atoms with E-state index in [0.717, 1.165) is 0 Å². The molecule has 0 fully saturated rings. The zero-order valence-electron chi connectivity index (χ0n) is 10.8. The van der Waals surface area contributed by atoms with Crippen LogP contribution in [0.2, 0.25) is 19.6 Å². The van der Waals surface area contributed by atoms with Gasteiger partial charge in [0.15, 0.2) is 0 Å². The molecule has 17 heavy (non-hydrogen) atoms. The van der Waals surface area contributed by atoms with Crippen LogP contribution in [0.4, 0.5) is 0 Å². The van der Waals surface area contributed by atoms with Crippen molar-refractivity contribution in [3.63, 3.8) is 0 Å². The van der Waals surface area contributed by atoms with Gasteiger partial charge in [0, 0.05) is 0 Å². The third-order valence-corrected chi connectivity index (χ3v) is 15.8. The summed E-state index contributed by atoms with van der Waals surface area (Å²) in [7, 11) is -1.78. The number of benzene rings is 2. The molecule has 0 saturated carbocycles. The van der Waals surface area contributed by atoms with Gasteiger partial charge in [-0.15, -0.1) is 0 Å². The molecule has 0 saturated heterocycles. The summed E-state index contributed by atoms with van der Waals surface area (Å²) in [6, 6.07) is 22.1. The lowest BCUT2D eigenvalue weighted by Gasteiger charge is -2.29. The molecule has 0 atom stereocenters. The Hall–Kier alpha value is -1.13. The molecule has 2 heteroatoms. The quantitative estimate of drug-likeness (QED) is 0.740. The summed E-state index contributed by atoms with van der Waals surface area (Å²) in [5.41, 5.74) is 0. The molecule has 2 aromatic rings. The minimum Gasteiger partial charge on any atom is -0.0686 e. The molecule has 0 bridgehead atoms. The van der Waals surface area contributed by atoms with Gasteiger partial charge in [-0.3, -0.25) is 0 Å². The average molecular weight is 255 g/mol. The first-order chi connectivity index (χ1) is 8.12. The first-order valence-electron chi connectivity index (χ1n) is 6.07. The van der Waals surface area contributed by atoms with E-state index in [4.69, 9.17) is 0 Å². The maximum absolute atomic E-state index is 2.50. The van der Waals surface area contributed by atoms with Gasteiger partial charge in [-0.25, -0.2) is 0 Å². The van der Waals surface area contributed by atoms with E-state index >= 15 is 0 Å². The van der Waals surface area contributed by atoms with E-state index in [9.17, 15) is 0 Å². The molecule has 0 nitrogen and oxygen atoms in total. The fraction of sp³-hybridized carbons (Fsp3) is 0.200. The lowest BCUT2D eigenvalue weighted by Crippen LogP contribution is -2.59. The van der Waals surface area contributed by atoms with Crippen LogP contribution in [0.15, 0.2) is 60.7 Å². The molecule has 2 aromatic carbocycles. The molecule has 0 aromatic heterocycles. The predicted molar refractivity (Wildman–Crippen MR) is 81.3 cm³/mol. The second-order valence-corrected chi connectivity index (χ2v) is 16.6. The van der Waals surface area contributed by atoms with Crippen LogP contribution in [-0.2, 0) is 0 Å². The molecule has 1 radical (unpaired) electrons. The molecule has 0 N–H and O–H groups in total. The van der Waals surface area contributed by atoms with Crippen LogP contribution in [0, 0.1) is 0 Å². The highest BCUT2D eigenvalue weighted by Crippen LogP contribution is 2.08. The van der Waals surface area contributed by atoms with Gasteiger partial charge in [0.05, 0.1) is 15.9 Å². The van der Waals surface area contributed by atoms with Crippen molar-refractivity contribution in [3.05, 3.63) is 60.7 Å². The highest BCUT2D eigenvalue weighted by atomic mass is 29.2. The van der Waals surface area contributed by atoms with E-state index in [1.54, 1.807) is 10.4 Å². The topological polar surface area (TPSA) is 0 Å². The van der Waals surface area contributed by atoms with Crippen molar-refractivity contribution < 1.29 is 0 Å². The molecular weight excluding hydrogens is 236 g/mol. The zero-order chi connectivity index (χ0) is 12.3. The van der Waals surface area contributed by atoms with Crippen LogP contribution in [0.5, 0.6) is 0 Å². The van der Waals surface area contributed by atoms with Crippen molar-refractivity contribution in [1.29, 1.82) is 0 Å². The second kappa shape index (κ2) is 5.02. The Balaban J connectivity index is 2.33. The normalized spacial score (nSPS) is 11.8. The Labute approximate surface area is 107 Å². The highest BCUT2D eigenvalue weighted by Gasteiger charge is 2.32. The van der Waals surface area contributed by atoms with Crippen molar-refractivity contribution in [1.82, 2.24) is 0 Å². The van der Waals surface area contributed by atoms with Gasteiger partial charge in [0.25, 0.3) is 0 Å². The monoisotopic (exact) mass is 255 g/mol. The summed E-state index contributed by atoms with van der Waals surface area (Å²) in [6.07, 6.45) is 0. The van der Waals surface area contributed by atoms with Gasteiger partial charge in [-0.05, 0) is 0 Å². The van der Waals surface area contributed by atoms with Crippen molar-refractivity contribution in [3.8, 4) is 0 Å². The van der Waals surface area contributed by atoms with E-state index in [-0.39, 0.29) is 0 Å². The third kappa shape index (κ3) is 2.59. The molecule has 0 amide bonds. The van der Waals surface area contributed by atoms with E-state index in [1.807, 2.05) is 0 Å². The predicted octanol–water partition coefficient (Wildman–Crippen LogP) is 2.71. The van der Waals surface area contributed by atoms with Gasteiger partial charge in [-0.2, -0.15) is 0 Å². The smallest absolute Gasteiger partial charge is 0.0686 e. The van der Waals surface area contributed by atoms with Crippen LogP contribution in [-0.4, -0.2) is 15.9 Å². The van der Waals surface area contributed by atoms with E-state index in [0.29, 0.717) is 0 Å². The van der Waals surface area contributed by atoms with Gasteiger partial charge in [-0.1, -0.05) is 90.7 Å². The van der Waals surface area contributed by atoms with E-state index in [2.05, 4.69) is 80.3 Å². The summed E-state index contributed by atoms with van der Waals surface area (Å²) < 4.78 is 0. The lowest BCUT2D eigenvalue weighted by molar-refractivity contribution is 1.71.